The van der Waals surface area contributed by atoms with Crippen LogP contribution in [0.5, 0.6) is 0 Å². The number of nitrogens with one attached hydrogen (secondary N) is 2. The zero-order valence-corrected chi connectivity index (χ0v) is 14.4. The summed E-state index contributed by atoms with van der Waals surface area (Å²) in [4.78, 5) is 12.5. The van der Waals surface area contributed by atoms with E-state index in [1.165, 1.54) is 11.1 Å². The average molecular weight is 410 g/mol. The monoisotopic (exact) mass is 408 g/mol. The Morgan fingerprint density at radius 1 is 1.19 bits per heavy atom. The fourth-order valence-electron chi connectivity index (χ4n) is 2.49. The molecule has 3 nitrogen and oxygen atoms in total. The van der Waals surface area contributed by atoms with E-state index >= 15 is 0 Å². The van der Waals surface area contributed by atoms with E-state index in [0.29, 0.717) is 5.56 Å². The summed E-state index contributed by atoms with van der Waals surface area (Å²) in [6, 6.07) is 11.6. The molecular formula is C16H14Br2N2O. The van der Waals surface area contributed by atoms with E-state index in [-0.39, 0.29) is 5.91 Å². The Balaban J connectivity index is 1.88. The molecule has 0 fully saturated rings. The van der Waals surface area contributed by atoms with Gasteiger partial charge in [0.15, 0.2) is 0 Å². The summed E-state index contributed by atoms with van der Waals surface area (Å²) in [6.07, 6.45) is 1.00. The second-order valence-electron chi connectivity index (χ2n) is 4.95. The maximum atomic E-state index is 12.5. The van der Waals surface area contributed by atoms with Gasteiger partial charge in [0.05, 0.1) is 5.56 Å². The van der Waals surface area contributed by atoms with Crippen molar-refractivity contribution in [3.8, 4) is 0 Å². The third-order valence-corrected chi connectivity index (χ3v) is 4.72. The Kier molecular flexibility index (Phi) is 4.42. The molecule has 5 heteroatoms. The number of hydrogen-bond donors (Lipinski definition) is 2. The van der Waals surface area contributed by atoms with Crippen molar-refractivity contribution in [3.05, 3.63) is 62.0 Å². The minimum absolute atomic E-state index is 0.103. The maximum absolute atomic E-state index is 12.5. The van der Waals surface area contributed by atoms with E-state index in [9.17, 15) is 4.79 Å². The largest absolute Gasteiger partial charge is 0.322 e. The minimum Gasteiger partial charge on any atom is -0.322 e. The standard InChI is InChI=1S/C16H14Br2N2O/c17-11-4-5-12(14(18)8-11)16(21)20-15-3-1-2-10-6-7-19-9-13(10)15/h1-5,8,19H,6-7,9H2,(H,20,21). The van der Waals surface area contributed by atoms with Gasteiger partial charge in [-0.2, -0.15) is 0 Å². The van der Waals surface area contributed by atoms with Gasteiger partial charge in [0, 0.05) is 21.2 Å². The fourth-order valence-corrected chi connectivity index (χ4v) is 3.72. The predicted molar refractivity (Wildman–Crippen MR) is 91.6 cm³/mol. The number of fused-ring (bicyclic) bond motifs is 1. The van der Waals surface area contributed by atoms with Crippen LogP contribution in [0.1, 0.15) is 21.5 Å². The van der Waals surface area contributed by atoms with E-state index in [1.807, 2.05) is 24.3 Å². The van der Waals surface area contributed by atoms with Gasteiger partial charge in [-0.05, 0) is 64.3 Å². The molecule has 0 bridgehead atoms. The molecule has 3 rings (SSSR count). The lowest BCUT2D eigenvalue weighted by atomic mass is 9.99. The Morgan fingerprint density at radius 2 is 2.05 bits per heavy atom. The molecule has 0 unspecified atom stereocenters. The Hall–Kier alpha value is -1.17. The van der Waals surface area contributed by atoms with Crippen LogP contribution in [0.2, 0.25) is 0 Å². The summed E-state index contributed by atoms with van der Waals surface area (Å²) in [5.74, 6) is -0.103. The lowest BCUT2D eigenvalue weighted by molar-refractivity contribution is 0.102. The lowest BCUT2D eigenvalue weighted by Gasteiger charge is -2.20. The first-order valence-electron chi connectivity index (χ1n) is 6.73. The quantitative estimate of drug-likeness (QED) is 0.783. The topological polar surface area (TPSA) is 41.1 Å². The van der Waals surface area contributed by atoms with Crippen molar-refractivity contribution in [1.29, 1.82) is 0 Å². The van der Waals surface area contributed by atoms with Gasteiger partial charge < -0.3 is 10.6 Å². The first-order valence-corrected chi connectivity index (χ1v) is 8.31. The SMILES string of the molecule is O=C(Nc1cccc2c1CNCC2)c1ccc(Br)cc1Br. The Morgan fingerprint density at radius 3 is 2.86 bits per heavy atom. The highest BCUT2D eigenvalue weighted by Gasteiger charge is 2.16. The number of hydrogen-bond acceptors (Lipinski definition) is 2. The number of amides is 1. The maximum Gasteiger partial charge on any atom is 0.256 e. The molecule has 2 N–H and O–H groups in total. The van der Waals surface area contributed by atoms with Crippen LogP contribution in [-0.4, -0.2) is 12.5 Å². The number of carbonyl (C=O) groups excluding carboxylic acids is 1. The van der Waals surface area contributed by atoms with Crippen LogP contribution >= 0.6 is 31.9 Å². The number of halogens is 2. The molecule has 0 aliphatic carbocycles. The predicted octanol–water partition coefficient (Wildman–Crippen LogP) is 4.11. The van der Waals surface area contributed by atoms with Crippen molar-refractivity contribution in [2.45, 2.75) is 13.0 Å². The minimum atomic E-state index is -0.103. The summed E-state index contributed by atoms with van der Waals surface area (Å²) in [7, 11) is 0. The summed E-state index contributed by atoms with van der Waals surface area (Å²) >= 11 is 6.82. The van der Waals surface area contributed by atoms with E-state index in [4.69, 9.17) is 0 Å². The molecule has 0 saturated carbocycles. The van der Waals surface area contributed by atoms with Gasteiger partial charge >= 0.3 is 0 Å². The van der Waals surface area contributed by atoms with Gasteiger partial charge in [0.1, 0.15) is 0 Å². The number of rotatable bonds is 2. The van der Waals surface area contributed by atoms with Crippen LogP contribution in [0.15, 0.2) is 45.3 Å². The number of carbonyl (C=O) groups is 1. The van der Waals surface area contributed by atoms with Gasteiger partial charge in [-0.15, -0.1) is 0 Å². The van der Waals surface area contributed by atoms with Gasteiger partial charge in [-0.3, -0.25) is 4.79 Å². The van der Waals surface area contributed by atoms with Crippen LogP contribution in [0.3, 0.4) is 0 Å². The molecule has 1 amide bonds. The van der Waals surface area contributed by atoms with Gasteiger partial charge in [-0.1, -0.05) is 28.1 Å². The molecule has 108 valence electrons. The zero-order chi connectivity index (χ0) is 14.8. The second-order valence-corrected chi connectivity index (χ2v) is 6.72. The van der Waals surface area contributed by atoms with Crippen LogP contribution in [0.25, 0.3) is 0 Å². The first-order chi connectivity index (χ1) is 10.1. The Labute approximate surface area is 140 Å². The molecule has 0 atom stereocenters. The van der Waals surface area contributed by atoms with Crippen LogP contribution in [-0.2, 0) is 13.0 Å². The molecule has 1 aliphatic rings. The molecule has 0 radical (unpaired) electrons. The van der Waals surface area contributed by atoms with Crippen molar-refractivity contribution in [1.82, 2.24) is 5.32 Å². The van der Waals surface area contributed by atoms with Crippen molar-refractivity contribution in [2.75, 3.05) is 11.9 Å². The number of anilines is 1. The zero-order valence-electron chi connectivity index (χ0n) is 11.2. The highest BCUT2D eigenvalue weighted by atomic mass is 79.9. The molecule has 2 aromatic carbocycles. The van der Waals surface area contributed by atoms with Crippen LogP contribution < -0.4 is 10.6 Å². The third kappa shape index (κ3) is 3.20. The summed E-state index contributed by atoms with van der Waals surface area (Å²) < 4.78 is 1.71. The van der Waals surface area contributed by atoms with E-state index < -0.39 is 0 Å². The third-order valence-electron chi connectivity index (χ3n) is 3.57. The molecular weight excluding hydrogens is 396 g/mol. The smallest absolute Gasteiger partial charge is 0.256 e. The molecule has 21 heavy (non-hydrogen) atoms. The van der Waals surface area contributed by atoms with Crippen molar-refractivity contribution in [3.63, 3.8) is 0 Å². The summed E-state index contributed by atoms with van der Waals surface area (Å²) in [5.41, 5.74) is 4.01. The lowest BCUT2D eigenvalue weighted by Crippen LogP contribution is -2.25. The normalized spacial score (nSPS) is 13.6. The fraction of sp³-hybridized carbons (Fsp3) is 0.188. The summed E-state index contributed by atoms with van der Waals surface area (Å²) in [5, 5.41) is 6.37. The number of benzene rings is 2. The van der Waals surface area contributed by atoms with Crippen LogP contribution in [0, 0.1) is 0 Å². The molecule has 0 aromatic heterocycles. The van der Waals surface area contributed by atoms with Gasteiger partial charge in [0.25, 0.3) is 5.91 Å². The molecule has 1 heterocycles. The van der Waals surface area contributed by atoms with E-state index in [0.717, 1.165) is 34.1 Å². The van der Waals surface area contributed by atoms with E-state index in [2.05, 4.69) is 48.6 Å². The molecule has 0 spiro atoms. The molecule has 0 saturated heterocycles. The Bertz CT molecular complexity index is 701. The average Bonchev–Trinajstić information content (AvgIpc) is 2.47. The van der Waals surface area contributed by atoms with Gasteiger partial charge in [-0.25, -0.2) is 0 Å². The second kappa shape index (κ2) is 6.30. The first kappa shape index (κ1) is 14.8. The van der Waals surface area contributed by atoms with Crippen molar-refractivity contribution in [2.24, 2.45) is 0 Å². The molecule has 2 aromatic rings. The highest BCUT2D eigenvalue weighted by molar-refractivity contribution is 9.11. The van der Waals surface area contributed by atoms with Crippen molar-refractivity contribution < 1.29 is 4.79 Å². The van der Waals surface area contributed by atoms with E-state index in [1.54, 1.807) is 6.07 Å². The molecule has 1 aliphatic heterocycles. The highest BCUT2D eigenvalue weighted by Crippen LogP contribution is 2.26. The van der Waals surface area contributed by atoms with Crippen LogP contribution in [0.4, 0.5) is 5.69 Å². The van der Waals surface area contributed by atoms with Gasteiger partial charge in [0.2, 0.25) is 0 Å². The summed E-state index contributed by atoms with van der Waals surface area (Å²) in [6.45, 7) is 1.79. The van der Waals surface area contributed by atoms with Crippen molar-refractivity contribution >= 4 is 43.5 Å².